The number of hydrogen-bond acceptors (Lipinski definition) is 9. The van der Waals surface area contributed by atoms with Gasteiger partial charge in [-0.1, -0.05) is 0 Å². The zero-order valence-corrected chi connectivity index (χ0v) is 19.8. The lowest BCUT2D eigenvalue weighted by Crippen LogP contribution is -2.27. The molecule has 0 unspecified atom stereocenters. The lowest BCUT2D eigenvalue weighted by Gasteiger charge is -2.21. The van der Waals surface area contributed by atoms with E-state index in [1.54, 1.807) is 36.4 Å². The number of carbonyl (C=O) groups is 3. The van der Waals surface area contributed by atoms with Crippen molar-refractivity contribution >= 4 is 63.0 Å². The molecule has 0 radical (unpaired) electrons. The van der Waals surface area contributed by atoms with Crippen LogP contribution in [0.5, 0.6) is 0 Å². The van der Waals surface area contributed by atoms with Gasteiger partial charge < -0.3 is 40.7 Å². The molecule has 0 aliphatic carbocycles. The fraction of sp³-hybridized carbons (Fsp3) is 0.120. The first-order valence-electron chi connectivity index (χ1n) is 11.1. The molecular formula is C25H22N6O6. The number of H-pyrrole nitrogens is 2. The number of rotatable bonds is 6. The molecule has 12 heteroatoms. The van der Waals surface area contributed by atoms with E-state index >= 15 is 0 Å². The number of hydrogen-bond donors (Lipinski definition) is 6. The molecule has 0 fully saturated rings. The SMILES string of the molecule is COC(=O)c1cc(Nc2ccc3[nH]c(=O)[nH]c3c2)c(C(=O)OC)cc1Nc1ccc2c(c1)NC(=O)CN2. The molecule has 1 aliphatic rings. The summed E-state index contributed by atoms with van der Waals surface area (Å²) in [5.74, 6) is -1.45. The van der Waals surface area contributed by atoms with Gasteiger partial charge in [0.15, 0.2) is 0 Å². The Balaban J connectivity index is 1.56. The second-order valence-corrected chi connectivity index (χ2v) is 8.18. The number of ether oxygens (including phenoxy) is 2. The maximum Gasteiger partial charge on any atom is 0.340 e. The molecule has 4 aromatic rings. The van der Waals surface area contributed by atoms with Crippen LogP contribution in [0, 0.1) is 0 Å². The summed E-state index contributed by atoms with van der Waals surface area (Å²) in [7, 11) is 2.51. The van der Waals surface area contributed by atoms with Crippen LogP contribution in [-0.2, 0) is 14.3 Å². The van der Waals surface area contributed by atoms with Gasteiger partial charge >= 0.3 is 17.6 Å². The zero-order chi connectivity index (χ0) is 26.1. The van der Waals surface area contributed by atoms with Crippen LogP contribution in [0.2, 0.25) is 0 Å². The largest absolute Gasteiger partial charge is 0.465 e. The van der Waals surface area contributed by atoms with Crippen molar-refractivity contribution in [1.82, 2.24) is 9.97 Å². The maximum absolute atomic E-state index is 12.7. The number of aromatic nitrogens is 2. The fourth-order valence-corrected chi connectivity index (χ4v) is 4.03. The smallest absolute Gasteiger partial charge is 0.340 e. The summed E-state index contributed by atoms with van der Waals surface area (Å²) < 4.78 is 9.95. The van der Waals surface area contributed by atoms with Crippen molar-refractivity contribution in [3.05, 3.63) is 70.1 Å². The Morgan fingerprint density at radius 2 is 1.35 bits per heavy atom. The van der Waals surface area contributed by atoms with Crippen LogP contribution in [0.15, 0.2) is 53.3 Å². The normalized spacial score (nSPS) is 12.2. The number of nitrogens with one attached hydrogen (secondary N) is 6. The molecule has 0 saturated heterocycles. The predicted molar refractivity (Wildman–Crippen MR) is 138 cm³/mol. The van der Waals surface area contributed by atoms with E-state index in [4.69, 9.17) is 9.47 Å². The van der Waals surface area contributed by atoms with E-state index in [1.165, 1.54) is 26.4 Å². The minimum absolute atomic E-state index is 0.147. The summed E-state index contributed by atoms with van der Waals surface area (Å²) in [6, 6.07) is 13.3. The number of aromatic amines is 2. The molecule has 6 N–H and O–H groups in total. The number of benzene rings is 3. The molecule has 3 aromatic carbocycles. The molecule has 37 heavy (non-hydrogen) atoms. The average Bonchev–Trinajstić information content (AvgIpc) is 3.27. The number of methoxy groups -OCH3 is 2. The van der Waals surface area contributed by atoms with Crippen molar-refractivity contribution in [2.75, 3.05) is 42.0 Å². The predicted octanol–water partition coefficient (Wildman–Crippen LogP) is 3.28. The van der Waals surface area contributed by atoms with Crippen molar-refractivity contribution in [1.29, 1.82) is 0 Å². The molecule has 188 valence electrons. The first-order valence-corrected chi connectivity index (χ1v) is 11.1. The standard InChI is InChI=1S/C25H22N6O6/c1-36-23(33)14-10-19(28-13-4-6-17-21(8-13)31-25(35)30-17)15(24(34)37-2)9-18(14)27-12-3-5-16-20(7-12)29-22(32)11-26-16/h3-10,26-28H,11H2,1-2H3,(H,29,32)(H2,30,31,35). The summed E-state index contributed by atoms with van der Waals surface area (Å²) in [6.45, 7) is 0.177. The van der Waals surface area contributed by atoms with E-state index in [-0.39, 0.29) is 35.0 Å². The Kier molecular flexibility index (Phi) is 5.97. The van der Waals surface area contributed by atoms with Gasteiger partial charge in [-0.15, -0.1) is 0 Å². The van der Waals surface area contributed by atoms with Crippen LogP contribution in [0.4, 0.5) is 34.1 Å². The minimum atomic E-state index is -0.639. The Bertz CT molecular complexity index is 1620. The quantitative estimate of drug-likeness (QED) is 0.217. The number of esters is 2. The Hall–Kier alpha value is -5.26. The summed E-state index contributed by atoms with van der Waals surface area (Å²) in [6.07, 6.45) is 0. The highest BCUT2D eigenvalue weighted by Gasteiger charge is 2.22. The van der Waals surface area contributed by atoms with E-state index in [0.29, 0.717) is 33.8 Å². The van der Waals surface area contributed by atoms with Crippen molar-refractivity contribution in [3.63, 3.8) is 0 Å². The summed E-state index contributed by atoms with van der Waals surface area (Å²) in [5, 5.41) is 12.0. The number of imidazole rings is 1. The Morgan fingerprint density at radius 3 is 2.00 bits per heavy atom. The van der Waals surface area contributed by atoms with Gasteiger partial charge in [-0.2, -0.15) is 0 Å². The van der Waals surface area contributed by atoms with Gasteiger partial charge in [-0.05, 0) is 48.5 Å². The van der Waals surface area contributed by atoms with Gasteiger partial charge in [-0.25, -0.2) is 14.4 Å². The van der Waals surface area contributed by atoms with Crippen molar-refractivity contribution < 1.29 is 23.9 Å². The highest BCUT2D eigenvalue weighted by Crippen LogP contribution is 2.34. The second kappa shape index (κ2) is 9.41. The molecule has 5 rings (SSSR count). The van der Waals surface area contributed by atoms with Crippen LogP contribution in [0.3, 0.4) is 0 Å². The number of fused-ring (bicyclic) bond motifs is 2. The first kappa shape index (κ1) is 23.5. The molecule has 1 aliphatic heterocycles. The average molecular weight is 502 g/mol. The second-order valence-electron chi connectivity index (χ2n) is 8.18. The van der Waals surface area contributed by atoms with Crippen LogP contribution < -0.4 is 27.0 Å². The molecule has 0 saturated carbocycles. The molecule has 12 nitrogen and oxygen atoms in total. The van der Waals surface area contributed by atoms with Gasteiger partial charge in [0.25, 0.3) is 0 Å². The van der Waals surface area contributed by atoms with Crippen molar-refractivity contribution in [2.45, 2.75) is 0 Å². The highest BCUT2D eigenvalue weighted by atomic mass is 16.5. The third-order valence-corrected chi connectivity index (χ3v) is 5.78. The molecule has 1 amide bonds. The third kappa shape index (κ3) is 4.67. The fourth-order valence-electron chi connectivity index (χ4n) is 4.03. The molecule has 1 aromatic heterocycles. The molecule has 0 spiro atoms. The van der Waals surface area contributed by atoms with Gasteiger partial charge in [-0.3, -0.25) is 4.79 Å². The number of carbonyl (C=O) groups excluding carboxylic acids is 3. The molecular weight excluding hydrogens is 480 g/mol. The van der Waals surface area contributed by atoms with Gasteiger partial charge in [0.1, 0.15) is 0 Å². The Labute approximate surface area is 209 Å². The lowest BCUT2D eigenvalue weighted by molar-refractivity contribution is -0.114. The summed E-state index contributed by atoms with van der Waals surface area (Å²) in [5.41, 5.74) is 4.17. The summed E-state index contributed by atoms with van der Waals surface area (Å²) in [4.78, 5) is 54.1. The van der Waals surface area contributed by atoms with Gasteiger partial charge in [0, 0.05) is 11.4 Å². The summed E-state index contributed by atoms with van der Waals surface area (Å²) >= 11 is 0. The van der Waals surface area contributed by atoms with Crippen LogP contribution in [-0.4, -0.2) is 48.6 Å². The van der Waals surface area contributed by atoms with E-state index < -0.39 is 11.9 Å². The van der Waals surface area contributed by atoms with Gasteiger partial charge in [0.2, 0.25) is 5.91 Å². The van der Waals surface area contributed by atoms with Crippen molar-refractivity contribution in [2.24, 2.45) is 0 Å². The highest BCUT2D eigenvalue weighted by molar-refractivity contribution is 6.05. The monoisotopic (exact) mass is 502 g/mol. The van der Waals surface area contributed by atoms with E-state index in [1.807, 2.05) is 0 Å². The maximum atomic E-state index is 12.7. The van der Waals surface area contributed by atoms with Crippen LogP contribution >= 0.6 is 0 Å². The third-order valence-electron chi connectivity index (χ3n) is 5.78. The van der Waals surface area contributed by atoms with Gasteiger partial charge in [0.05, 0.1) is 65.7 Å². The van der Waals surface area contributed by atoms with Crippen LogP contribution in [0.25, 0.3) is 11.0 Å². The zero-order valence-electron chi connectivity index (χ0n) is 19.8. The topological polar surface area (TPSA) is 166 Å². The minimum Gasteiger partial charge on any atom is -0.465 e. The molecule has 2 heterocycles. The van der Waals surface area contributed by atoms with E-state index in [2.05, 4.69) is 31.2 Å². The van der Waals surface area contributed by atoms with E-state index in [9.17, 15) is 19.2 Å². The number of anilines is 6. The van der Waals surface area contributed by atoms with Crippen LogP contribution in [0.1, 0.15) is 20.7 Å². The molecule has 0 atom stereocenters. The molecule has 0 bridgehead atoms. The van der Waals surface area contributed by atoms with E-state index in [0.717, 1.165) is 5.69 Å². The number of amides is 1. The lowest BCUT2D eigenvalue weighted by atomic mass is 10.0. The van der Waals surface area contributed by atoms with Crippen molar-refractivity contribution in [3.8, 4) is 0 Å². The Morgan fingerprint density at radius 1 is 0.757 bits per heavy atom. The first-order chi connectivity index (χ1) is 17.8.